The molecule has 2 atom stereocenters. The number of phenolic OH excluding ortho intramolecular Hbond substituents is 1. The van der Waals surface area contributed by atoms with E-state index in [2.05, 4.69) is 10.0 Å². The number of ether oxygens (including phenoxy) is 1. The van der Waals surface area contributed by atoms with Crippen molar-refractivity contribution in [3.05, 3.63) is 82.4 Å². The van der Waals surface area contributed by atoms with Gasteiger partial charge in [-0.3, -0.25) is 9.59 Å². The van der Waals surface area contributed by atoms with E-state index in [4.69, 9.17) is 21.4 Å². The smallest absolute Gasteiger partial charge is 0.341 e. The maximum atomic E-state index is 12.8. The number of carboxylic acids is 1. The predicted molar refractivity (Wildman–Crippen MR) is 169 cm³/mol. The van der Waals surface area contributed by atoms with E-state index in [9.17, 15) is 33.0 Å². The Kier molecular flexibility index (Phi) is 12.9. The quantitative estimate of drug-likeness (QED) is 0.131. The third kappa shape index (κ3) is 10.9. The minimum Gasteiger partial charge on any atom is -0.508 e. The van der Waals surface area contributed by atoms with Crippen LogP contribution < -0.4 is 14.8 Å². The summed E-state index contributed by atoms with van der Waals surface area (Å²) in [5.74, 6) is -2.22. The van der Waals surface area contributed by atoms with Crippen LogP contribution in [0.2, 0.25) is 5.02 Å². The van der Waals surface area contributed by atoms with Gasteiger partial charge in [-0.25, -0.2) is 17.9 Å². The zero-order chi connectivity index (χ0) is 33.1. The van der Waals surface area contributed by atoms with Gasteiger partial charge in [0.05, 0.1) is 10.6 Å². The lowest BCUT2D eigenvalue weighted by Gasteiger charge is -2.17. The molecule has 3 aromatic carbocycles. The summed E-state index contributed by atoms with van der Waals surface area (Å²) in [4.78, 5) is 36.3. The van der Waals surface area contributed by atoms with Gasteiger partial charge in [-0.15, -0.1) is 0 Å². The van der Waals surface area contributed by atoms with Crippen LogP contribution in [0.5, 0.6) is 11.5 Å². The maximum absolute atomic E-state index is 12.8. The van der Waals surface area contributed by atoms with Crippen LogP contribution in [0, 0.1) is 0 Å². The van der Waals surface area contributed by atoms with E-state index < -0.39 is 34.6 Å². The number of nitrogens with one attached hydrogen (secondary N) is 2. The molecule has 0 saturated heterocycles. The lowest BCUT2D eigenvalue weighted by molar-refractivity contribution is -0.139. The highest BCUT2D eigenvalue weighted by molar-refractivity contribution is 7.89. The summed E-state index contributed by atoms with van der Waals surface area (Å²) in [6.45, 7) is 2.55. The highest BCUT2D eigenvalue weighted by Gasteiger charge is 2.22. The van der Waals surface area contributed by atoms with Gasteiger partial charge in [-0.2, -0.15) is 0 Å². The summed E-state index contributed by atoms with van der Waals surface area (Å²) >= 11 is 5.84. The number of Topliss-reactive ketones (excluding diaryl/α,β-unsaturated/α-hetero) is 1. The SMILES string of the molecule is CC(O)C(=O)C(C)c1ccc(O)cc1CCCCC(=O)Nc1cc(CCNS(=O)(=O)c2ccc(Cl)cc2)ccc1OCC(=O)O. The van der Waals surface area contributed by atoms with E-state index in [0.29, 0.717) is 35.4 Å². The van der Waals surface area contributed by atoms with Gasteiger partial charge in [0, 0.05) is 23.9 Å². The fraction of sp³-hybridized carbons (Fsp3) is 0.344. The topological polar surface area (TPSA) is 179 Å². The summed E-state index contributed by atoms with van der Waals surface area (Å²) < 4.78 is 33.0. The minimum atomic E-state index is -3.76. The van der Waals surface area contributed by atoms with E-state index >= 15 is 0 Å². The van der Waals surface area contributed by atoms with Crippen molar-refractivity contribution < 1.29 is 42.9 Å². The number of hydrogen-bond acceptors (Lipinski definition) is 8. The molecular weight excluding hydrogens is 624 g/mol. The number of halogens is 1. The Morgan fingerprint density at radius 1 is 0.956 bits per heavy atom. The van der Waals surface area contributed by atoms with E-state index in [1.807, 2.05) is 0 Å². The first kappa shape index (κ1) is 35.5. The Morgan fingerprint density at radius 2 is 1.67 bits per heavy atom. The van der Waals surface area contributed by atoms with E-state index in [1.54, 1.807) is 31.2 Å². The molecule has 0 aromatic heterocycles. The lowest BCUT2D eigenvalue weighted by Crippen LogP contribution is -2.26. The molecule has 0 spiro atoms. The van der Waals surface area contributed by atoms with Crippen molar-refractivity contribution in [2.24, 2.45) is 0 Å². The number of rotatable bonds is 17. The molecule has 13 heteroatoms. The highest BCUT2D eigenvalue weighted by atomic mass is 35.5. The number of ketones is 1. The van der Waals surface area contributed by atoms with Gasteiger partial charge in [0.1, 0.15) is 17.6 Å². The number of aliphatic hydroxyl groups excluding tert-OH is 1. The van der Waals surface area contributed by atoms with Gasteiger partial charge in [-0.05, 0) is 97.8 Å². The largest absolute Gasteiger partial charge is 0.508 e. The Balaban J connectivity index is 1.61. The molecule has 0 fully saturated rings. The van der Waals surface area contributed by atoms with Gasteiger partial charge >= 0.3 is 5.97 Å². The number of carbonyl (C=O) groups excluding carboxylic acids is 2. The maximum Gasteiger partial charge on any atom is 0.341 e. The number of amides is 1. The Labute approximate surface area is 267 Å². The van der Waals surface area contributed by atoms with Crippen molar-refractivity contribution in [1.29, 1.82) is 0 Å². The third-order valence-corrected chi connectivity index (χ3v) is 8.76. The van der Waals surface area contributed by atoms with Crippen molar-refractivity contribution in [3.63, 3.8) is 0 Å². The van der Waals surface area contributed by atoms with E-state index in [1.165, 1.54) is 43.3 Å². The molecule has 3 aromatic rings. The van der Waals surface area contributed by atoms with Crippen molar-refractivity contribution in [2.75, 3.05) is 18.5 Å². The average Bonchev–Trinajstić information content (AvgIpc) is 2.98. The number of carbonyl (C=O) groups is 3. The fourth-order valence-electron chi connectivity index (χ4n) is 4.68. The number of carboxylic acid groups (broad SMARTS) is 1. The number of sulfonamides is 1. The zero-order valence-corrected chi connectivity index (χ0v) is 26.5. The van der Waals surface area contributed by atoms with Crippen LogP contribution >= 0.6 is 11.6 Å². The molecule has 11 nitrogen and oxygen atoms in total. The van der Waals surface area contributed by atoms with Crippen molar-refractivity contribution in [3.8, 4) is 11.5 Å². The van der Waals surface area contributed by atoms with E-state index in [0.717, 1.165) is 5.56 Å². The molecule has 0 aliphatic rings. The summed E-state index contributed by atoms with van der Waals surface area (Å²) in [7, 11) is -3.76. The molecule has 0 aliphatic heterocycles. The molecule has 242 valence electrons. The highest BCUT2D eigenvalue weighted by Crippen LogP contribution is 2.29. The molecule has 0 bridgehead atoms. The summed E-state index contributed by atoms with van der Waals surface area (Å²) in [6.07, 6.45) is 0.805. The molecular formula is C32H37ClN2O9S. The van der Waals surface area contributed by atoms with Gasteiger partial charge in [0.25, 0.3) is 0 Å². The number of phenols is 1. The molecule has 1 amide bonds. The molecule has 0 radical (unpaired) electrons. The lowest BCUT2D eigenvalue weighted by atomic mass is 9.88. The summed E-state index contributed by atoms with van der Waals surface area (Å²) in [6, 6.07) is 15.3. The van der Waals surface area contributed by atoms with Gasteiger partial charge < -0.3 is 25.4 Å². The number of aliphatic carboxylic acids is 1. The van der Waals surface area contributed by atoms with Crippen LogP contribution in [0.4, 0.5) is 5.69 Å². The second-order valence-electron chi connectivity index (χ2n) is 10.6. The third-order valence-electron chi connectivity index (χ3n) is 7.03. The Morgan fingerprint density at radius 3 is 2.33 bits per heavy atom. The molecule has 5 N–H and O–H groups in total. The Bertz CT molecular complexity index is 1610. The number of anilines is 1. The fourth-order valence-corrected chi connectivity index (χ4v) is 5.84. The average molecular weight is 661 g/mol. The first-order valence-electron chi connectivity index (χ1n) is 14.3. The molecule has 2 unspecified atom stereocenters. The van der Waals surface area contributed by atoms with Crippen LogP contribution in [0.25, 0.3) is 0 Å². The number of aromatic hydroxyl groups is 1. The van der Waals surface area contributed by atoms with E-state index in [-0.39, 0.29) is 53.2 Å². The standard InChI is InChI=1S/C32H37ClN2O9S/c1-20(32(41)21(2)36)27-13-10-25(37)18-23(27)5-3-4-6-30(38)35-28-17-22(7-14-29(28)44-19-31(39)40)15-16-34-45(42,43)26-11-8-24(33)9-12-26/h7-14,17-18,20-21,34,36-37H,3-6,15-16,19H2,1-2H3,(H,35,38)(H,39,40). The monoisotopic (exact) mass is 660 g/mol. The first-order valence-corrected chi connectivity index (χ1v) is 16.2. The second kappa shape index (κ2) is 16.4. The zero-order valence-electron chi connectivity index (χ0n) is 25.0. The van der Waals surface area contributed by atoms with Gasteiger partial charge in [0.2, 0.25) is 15.9 Å². The van der Waals surface area contributed by atoms with Crippen molar-refractivity contribution >= 4 is 45.0 Å². The number of benzene rings is 3. The van der Waals surface area contributed by atoms with Crippen molar-refractivity contribution in [2.45, 2.75) is 62.9 Å². The molecule has 45 heavy (non-hydrogen) atoms. The van der Waals surface area contributed by atoms with Crippen LogP contribution in [0.1, 0.15) is 55.7 Å². The summed E-state index contributed by atoms with van der Waals surface area (Å²) in [5.41, 5.74) is 2.38. The number of aliphatic hydroxyl groups is 1. The van der Waals surface area contributed by atoms with Crippen LogP contribution in [0.3, 0.4) is 0 Å². The molecule has 0 saturated carbocycles. The first-order chi connectivity index (χ1) is 21.3. The number of unbranched alkanes of at least 4 members (excludes halogenated alkanes) is 1. The molecule has 3 rings (SSSR count). The summed E-state index contributed by atoms with van der Waals surface area (Å²) in [5, 5.41) is 31.9. The van der Waals surface area contributed by atoms with Gasteiger partial charge in [0.15, 0.2) is 12.4 Å². The normalized spacial score (nSPS) is 12.7. The molecule has 0 aliphatic carbocycles. The van der Waals surface area contributed by atoms with Crippen molar-refractivity contribution in [1.82, 2.24) is 4.72 Å². The predicted octanol–water partition coefficient (Wildman–Crippen LogP) is 4.43. The minimum absolute atomic E-state index is 0.0507. The van der Waals surface area contributed by atoms with Crippen LogP contribution in [-0.2, 0) is 37.2 Å². The van der Waals surface area contributed by atoms with Crippen LogP contribution in [0.15, 0.2) is 65.6 Å². The number of aryl methyl sites for hydroxylation is 1. The number of hydrogen-bond donors (Lipinski definition) is 5. The van der Waals surface area contributed by atoms with Crippen LogP contribution in [-0.4, -0.2) is 60.7 Å². The second-order valence-corrected chi connectivity index (χ2v) is 12.8. The Hall–Kier alpha value is -3.97. The van der Waals surface area contributed by atoms with Gasteiger partial charge in [-0.1, -0.05) is 30.7 Å². The molecule has 0 heterocycles.